The fourth-order valence-electron chi connectivity index (χ4n) is 2.53. The molecule has 0 spiro atoms. The monoisotopic (exact) mass is 263 g/mol. The fraction of sp³-hybridized carbons (Fsp3) is 0.538. The van der Waals surface area contributed by atoms with Crippen LogP contribution in [-0.2, 0) is 4.74 Å². The van der Waals surface area contributed by atoms with Crippen LogP contribution in [0.25, 0.3) is 10.2 Å². The third-order valence-electron chi connectivity index (χ3n) is 3.23. The molecule has 18 heavy (non-hydrogen) atoms. The summed E-state index contributed by atoms with van der Waals surface area (Å²) in [6.07, 6.45) is 2.17. The average molecular weight is 263 g/mol. The van der Waals surface area contributed by atoms with Crippen molar-refractivity contribution in [2.24, 2.45) is 0 Å². The summed E-state index contributed by atoms with van der Waals surface area (Å²) in [5.74, 6) is 1.06. The second kappa shape index (κ2) is 4.48. The molecule has 0 aliphatic carbocycles. The van der Waals surface area contributed by atoms with Crippen LogP contribution in [0, 0.1) is 6.92 Å². The van der Waals surface area contributed by atoms with Crippen molar-refractivity contribution in [2.75, 3.05) is 18.0 Å². The molecule has 3 heterocycles. The first kappa shape index (κ1) is 11.9. The maximum Gasteiger partial charge on any atom is 0.150 e. The van der Waals surface area contributed by atoms with Gasteiger partial charge in [-0.1, -0.05) is 0 Å². The Morgan fingerprint density at radius 2 is 2.00 bits per heavy atom. The molecule has 5 heteroatoms. The van der Waals surface area contributed by atoms with Gasteiger partial charge in [0.2, 0.25) is 0 Å². The molecule has 2 aromatic heterocycles. The van der Waals surface area contributed by atoms with E-state index in [9.17, 15) is 0 Å². The lowest BCUT2D eigenvalue weighted by Gasteiger charge is -2.36. The molecule has 96 valence electrons. The van der Waals surface area contributed by atoms with Crippen LogP contribution in [0.1, 0.15) is 19.4 Å². The Morgan fingerprint density at radius 3 is 2.72 bits per heavy atom. The third-order valence-corrected chi connectivity index (χ3v) is 4.31. The average Bonchev–Trinajstić information content (AvgIpc) is 2.70. The number of hydrogen-bond donors (Lipinski definition) is 0. The minimum absolute atomic E-state index is 0.250. The van der Waals surface area contributed by atoms with Crippen molar-refractivity contribution in [1.29, 1.82) is 0 Å². The number of aryl methyl sites for hydroxylation is 1. The van der Waals surface area contributed by atoms with Crippen LogP contribution in [-0.4, -0.2) is 35.3 Å². The van der Waals surface area contributed by atoms with E-state index in [0.717, 1.165) is 24.4 Å². The second-order valence-electron chi connectivity index (χ2n) is 4.96. The Balaban J connectivity index is 2.03. The summed E-state index contributed by atoms with van der Waals surface area (Å²) in [4.78, 5) is 11.2. The largest absolute Gasteiger partial charge is 0.372 e. The molecule has 1 aliphatic heterocycles. The van der Waals surface area contributed by atoms with Crippen LogP contribution in [0.3, 0.4) is 0 Å². The number of hydrogen-bond acceptors (Lipinski definition) is 5. The number of fused-ring (bicyclic) bond motifs is 1. The van der Waals surface area contributed by atoms with Crippen LogP contribution >= 0.6 is 11.3 Å². The summed E-state index contributed by atoms with van der Waals surface area (Å²) < 4.78 is 6.96. The topological polar surface area (TPSA) is 38.2 Å². The highest BCUT2D eigenvalue weighted by Gasteiger charge is 2.25. The van der Waals surface area contributed by atoms with Gasteiger partial charge in [-0.2, -0.15) is 0 Å². The zero-order valence-corrected chi connectivity index (χ0v) is 11.7. The van der Waals surface area contributed by atoms with E-state index in [1.165, 1.54) is 10.3 Å². The Kier molecular flexibility index (Phi) is 2.95. The number of ether oxygens (including phenoxy) is 1. The van der Waals surface area contributed by atoms with E-state index in [-0.39, 0.29) is 12.2 Å². The SMILES string of the molecule is Cc1csc2c(N3CC(C)OC(C)C3)ncnc12. The van der Waals surface area contributed by atoms with Crippen molar-refractivity contribution < 1.29 is 4.74 Å². The maximum absolute atomic E-state index is 5.77. The van der Waals surface area contributed by atoms with E-state index in [1.54, 1.807) is 17.7 Å². The van der Waals surface area contributed by atoms with Gasteiger partial charge in [0.1, 0.15) is 12.1 Å². The van der Waals surface area contributed by atoms with Gasteiger partial charge in [-0.3, -0.25) is 0 Å². The zero-order chi connectivity index (χ0) is 12.7. The van der Waals surface area contributed by atoms with Crippen molar-refractivity contribution in [1.82, 2.24) is 9.97 Å². The standard InChI is InChI=1S/C13H17N3OS/c1-8-6-18-12-11(8)14-7-15-13(12)16-4-9(2)17-10(3)5-16/h6-7,9-10H,4-5H2,1-3H3. The molecule has 1 saturated heterocycles. The molecule has 2 atom stereocenters. The smallest absolute Gasteiger partial charge is 0.150 e. The van der Waals surface area contributed by atoms with Gasteiger partial charge in [0.05, 0.1) is 22.4 Å². The van der Waals surface area contributed by atoms with Gasteiger partial charge in [-0.15, -0.1) is 11.3 Å². The molecule has 0 N–H and O–H groups in total. The molecule has 0 radical (unpaired) electrons. The number of nitrogens with zero attached hydrogens (tertiary/aromatic N) is 3. The predicted molar refractivity (Wildman–Crippen MR) is 74.4 cm³/mol. The number of thiophene rings is 1. The van der Waals surface area contributed by atoms with Crippen LogP contribution in [0.5, 0.6) is 0 Å². The first-order valence-electron chi connectivity index (χ1n) is 6.24. The van der Waals surface area contributed by atoms with E-state index >= 15 is 0 Å². The lowest BCUT2D eigenvalue weighted by Crippen LogP contribution is -2.45. The normalized spacial score (nSPS) is 24.7. The van der Waals surface area contributed by atoms with Crippen LogP contribution < -0.4 is 4.90 Å². The van der Waals surface area contributed by atoms with Gasteiger partial charge in [0.25, 0.3) is 0 Å². The van der Waals surface area contributed by atoms with Crippen molar-refractivity contribution in [3.63, 3.8) is 0 Å². The van der Waals surface area contributed by atoms with Crippen LogP contribution in [0.2, 0.25) is 0 Å². The zero-order valence-electron chi connectivity index (χ0n) is 10.9. The summed E-state index contributed by atoms with van der Waals surface area (Å²) >= 11 is 1.73. The molecule has 4 nitrogen and oxygen atoms in total. The minimum Gasteiger partial charge on any atom is -0.372 e. The molecular weight excluding hydrogens is 246 g/mol. The first-order valence-corrected chi connectivity index (χ1v) is 7.12. The molecule has 0 saturated carbocycles. The highest BCUT2D eigenvalue weighted by atomic mass is 32.1. The molecule has 0 bridgehead atoms. The quantitative estimate of drug-likeness (QED) is 0.792. The molecule has 0 aromatic carbocycles. The second-order valence-corrected chi connectivity index (χ2v) is 5.84. The van der Waals surface area contributed by atoms with E-state index < -0.39 is 0 Å². The van der Waals surface area contributed by atoms with Crippen LogP contribution in [0.4, 0.5) is 5.82 Å². The number of aromatic nitrogens is 2. The molecular formula is C13H17N3OS. The van der Waals surface area contributed by atoms with Crippen molar-refractivity contribution in [3.8, 4) is 0 Å². The first-order chi connectivity index (χ1) is 8.65. The summed E-state index contributed by atoms with van der Waals surface area (Å²) in [7, 11) is 0. The van der Waals surface area contributed by atoms with Crippen LogP contribution in [0.15, 0.2) is 11.7 Å². The number of rotatable bonds is 1. The van der Waals surface area contributed by atoms with Gasteiger partial charge >= 0.3 is 0 Å². The highest BCUT2D eigenvalue weighted by molar-refractivity contribution is 7.18. The fourth-order valence-corrected chi connectivity index (χ4v) is 3.55. The molecule has 0 amide bonds. The van der Waals surface area contributed by atoms with E-state index in [4.69, 9.17) is 4.74 Å². The van der Waals surface area contributed by atoms with Gasteiger partial charge in [0.15, 0.2) is 0 Å². The summed E-state index contributed by atoms with van der Waals surface area (Å²) in [5.41, 5.74) is 2.31. The van der Waals surface area contributed by atoms with Gasteiger partial charge < -0.3 is 9.64 Å². The van der Waals surface area contributed by atoms with Crippen molar-refractivity contribution in [2.45, 2.75) is 33.0 Å². The lowest BCUT2D eigenvalue weighted by atomic mass is 10.2. The Hall–Kier alpha value is -1.20. The van der Waals surface area contributed by atoms with Gasteiger partial charge in [-0.25, -0.2) is 9.97 Å². The lowest BCUT2D eigenvalue weighted by molar-refractivity contribution is -0.00536. The van der Waals surface area contributed by atoms with Crippen molar-refractivity contribution >= 4 is 27.4 Å². The molecule has 1 fully saturated rings. The maximum atomic E-state index is 5.77. The summed E-state index contributed by atoms with van der Waals surface area (Å²) in [6.45, 7) is 8.11. The molecule has 1 aliphatic rings. The molecule has 2 unspecified atom stereocenters. The minimum atomic E-state index is 0.250. The number of morpholine rings is 1. The summed E-state index contributed by atoms with van der Waals surface area (Å²) in [5, 5.41) is 2.15. The Morgan fingerprint density at radius 1 is 1.28 bits per heavy atom. The third kappa shape index (κ3) is 1.97. The molecule has 2 aromatic rings. The predicted octanol–water partition coefficient (Wildman–Crippen LogP) is 2.61. The Bertz CT molecular complexity index is 558. The number of anilines is 1. The van der Waals surface area contributed by atoms with E-state index in [2.05, 4.69) is 41.0 Å². The highest BCUT2D eigenvalue weighted by Crippen LogP contribution is 2.32. The van der Waals surface area contributed by atoms with E-state index in [1.807, 2.05) is 0 Å². The molecule has 3 rings (SSSR count). The van der Waals surface area contributed by atoms with Gasteiger partial charge in [-0.05, 0) is 31.7 Å². The van der Waals surface area contributed by atoms with Crippen molar-refractivity contribution in [3.05, 3.63) is 17.3 Å². The van der Waals surface area contributed by atoms with Gasteiger partial charge in [0, 0.05) is 13.1 Å². The van der Waals surface area contributed by atoms with E-state index in [0.29, 0.717) is 0 Å². The Labute approximate surface area is 111 Å². The summed E-state index contributed by atoms with van der Waals surface area (Å²) in [6, 6.07) is 0.